The minimum absolute atomic E-state index is 0.115. The Kier molecular flexibility index (Phi) is 6.47. The van der Waals surface area contributed by atoms with E-state index in [-0.39, 0.29) is 5.91 Å². The standard InChI is InChI=1S/C12H18N2OS2/c1-16-8-7-11(13)12(15)14-9-3-5-10(17-2)6-4-9/h3-6,11H,7-8,13H2,1-2H3,(H,14,15)/t11-/m0/s1. The van der Waals surface area contributed by atoms with E-state index in [9.17, 15) is 4.79 Å². The van der Waals surface area contributed by atoms with Crippen LogP contribution in [0.4, 0.5) is 5.69 Å². The number of benzene rings is 1. The molecule has 3 nitrogen and oxygen atoms in total. The molecule has 1 rings (SSSR count). The zero-order chi connectivity index (χ0) is 12.7. The lowest BCUT2D eigenvalue weighted by Gasteiger charge is -2.11. The van der Waals surface area contributed by atoms with Crippen LogP contribution < -0.4 is 11.1 Å². The highest BCUT2D eigenvalue weighted by molar-refractivity contribution is 7.98. The molecule has 0 spiro atoms. The third-order valence-electron chi connectivity index (χ3n) is 2.33. The van der Waals surface area contributed by atoms with Crippen LogP contribution in [0.3, 0.4) is 0 Å². The van der Waals surface area contributed by atoms with Crippen molar-refractivity contribution in [2.75, 3.05) is 23.6 Å². The van der Waals surface area contributed by atoms with Crippen LogP contribution in [-0.2, 0) is 4.79 Å². The molecule has 0 aliphatic carbocycles. The van der Waals surface area contributed by atoms with Crippen molar-refractivity contribution in [3.05, 3.63) is 24.3 Å². The van der Waals surface area contributed by atoms with E-state index in [2.05, 4.69) is 5.32 Å². The molecule has 1 aromatic rings. The lowest BCUT2D eigenvalue weighted by molar-refractivity contribution is -0.117. The predicted molar refractivity (Wildman–Crippen MR) is 77.8 cm³/mol. The Morgan fingerprint density at radius 3 is 2.53 bits per heavy atom. The SMILES string of the molecule is CSCC[C@H](N)C(=O)Nc1ccc(SC)cc1. The van der Waals surface area contributed by atoms with Crippen molar-refractivity contribution in [1.82, 2.24) is 0 Å². The lowest BCUT2D eigenvalue weighted by atomic mass is 10.2. The van der Waals surface area contributed by atoms with Crippen LogP contribution in [0.2, 0.25) is 0 Å². The summed E-state index contributed by atoms with van der Waals surface area (Å²) in [4.78, 5) is 12.9. The first-order chi connectivity index (χ1) is 8.17. The quantitative estimate of drug-likeness (QED) is 0.780. The normalized spacial score (nSPS) is 12.2. The van der Waals surface area contributed by atoms with E-state index in [0.717, 1.165) is 11.4 Å². The van der Waals surface area contributed by atoms with Crippen LogP contribution in [0.25, 0.3) is 0 Å². The second-order valence-corrected chi connectivity index (χ2v) is 5.47. The Hall–Kier alpha value is -0.650. The fourth-order valence-electron chi connectivity index (χ4n) is 1.29. The van der Waals surface area contributed by atoms with Gasteiger partial charge >= 0.3 is 0 Å². The highest BCUT2D eigenvalue weighted by Crippen LogP contribution is 2.17. The van der Waals surface area contributed by atoms with Gasteiger partial charge in [0.15, 0.2) is 0 Å². The van der Waals surface area contributed by atoms with Crippen LogP contribution >= 0.6 is 23.5 Å². The van der Waals surface area contributed by atoms with Crippen molar-refractivity contribution in [2.24, 2.45) is 5.73 Å². The summed E-state index contributed by atoms with van der Waals surface area (Å²) >= 11 is 3.37. The van der Waals surface area contributed by atoms with E-state index in [1.807, 2.05) is 36.8 Å². The molecule has 17 heavy (non-hydrogen) atoms. The molecule has 0 radical (unpaired) electrons. The fraction of sp³-hybridized carbons (Fsp3) is 0.417. The smallest absolute Gasteiger partial charge is 0.241 e. The highest BCUT2D eigenvalue weighted by atomic mass is 32.2. The maximum atomic E-state index is 11.7. The number of carbonyl (C=O) groups is 1. The third-order valence-corrected chi connectivity index (χ3v) is 3.71. The molecule has 0 aromatic heterocycles. The number of amides is 1. The number of carbonyl (C=O) groups excluding carboxylic acids is 1. The summed E-state index contributed by atoms with van der Waals surface area (Å²) in [5.41, 5.74) is 6.58. The Balaban J connectivity index is 2.49. The van der Waals surface area contributed by atoms with Crippen LogP contribution in [-0.4, -0.2) is 30.2 Å². The van der Waals surface area contributed by atoms with Gasteiger partial charge in [-0.25, -0.2) is 0 Å². The molecule has 0 aliphatic heterocycles. The monoisotopic (exact) mass is 270 g/mol. The first-order valence-electron chi connectivity index (χ1n) is 5.37. The number of rotatable bonds is 6. The molecule has 1 atom stereocenters. The van der Waals surface area contributed by atoms with Gasteiger partial charge in [-0.2, -0.15) is 11.8 Å². The molecule has 3 N–H and O–H groups in total. The summed E-state index contributed by atoms with van der Waals surface area (Å²) in [6.07, 6.45) is 4.73. The largest absolute Gasteiger partial charge is 0.325 e. The minimum Gasteiger partial charge on any atom is -0.325 e. The first kappa shape index (κ1) is 14.4. The number of hydrogen-bond acceptors (Lipinski definition) is 4. The van der Waals surface area contributed by atoms with E-state index >= 15 is 0 Å². The number of nitrogens with two attached hydrogens (primary N) is 1. The molecule has 0 heterocycles. The van der Waals surface area contributed by atoms with E-state index in [0.29, 0.717) is 6.42 Å². The van der Waals surface area contributed by atoms with Crippen LogP contribution in [0.5, 0.6) is 0 Å². The van der Waals surface area contributed by atoms with Crippen molar-refractivity contribution in [3.8, 4) is 0 Å². The summed E-state index contributed by atoms with van der Waals surface area (Å²) in [6, 6.07) is 7.32. The predicted octanol–water partition coefficient (Wildman–Crippen LogP) is 2.43. The molecule has 0 saturated heterocycles. The summed E-state index contributed by atoms with van der Waals surface area (Å²) < 4.78 is 0. The van der Waals surface area contributed by atoms with Crippen molar-refractivity contribution in [3.63, 3.8) is 0 Å². The zero-order valence-corrected chi connectivity index (χ0v) is 11.7. The van der Waals surface area contributed by atoms with Gasteiger partial charge in [0.25, 0.3) is 0 Å². The van der Waals surface area contributed by atoms with Gasteiger partial charge in [-0.1, -0.05) is 0 Å². The van der Waals surface area contributed by atoms with Gasteiger partial charge in [0, 0.05) is 10.6 Å². The van der Waals surface area contributed by atoms with Crippen molar-refractivity contribution in [1.29, 1.82) is 0 Å². The third kappa shape index (κ3) is 5.02. The maximum absolute atomic E-state index is 11.7. The first-order valence-corrected chi connectivity index (χ1v) is 7.98. The van der Waals surface area contributed by atoms with Crippen molar-refractivity contribution in [2.45, 2.75) is 17.4 Å². The average molecular weight is 270 g/mol. The van der Waals surface area contributed by atoms with Gasteiger partial charge in [0.05, 0.1) is 6.04 Å². The Labute approximate surface area is 111 Å². The maximum Gasteiger partial charge on any atom is 0.241 e. The molecule has 5 heteroatoms. The molecular weight excluding hydrogens is 252 g/mol. The fourth-order valence-corrected chi connectivity index (χ4v) is 2.18. The molecule has 0 aliphatic rings. The van der Waals surface area contributed by atoms with Crippen molar-refractivity contribution < 1.29 is 4.79 Å². The summed E-state index contributed by atoms with van der Waals surface area (Å²) in [5.74, 6) is 0.788. The molecule has 0 bridgehead atoms. The second-order valence-electron chi connectivity index (χ2n) is 3.61. The molecule has 94 valence electrons. The number of thioether (sulfide) groups is 2. The van der Waals surface area contributed by atoms with Gasteiger partial charge in [0.1, 0.15) is 0 Å². The lowest BCUT2D eigenvalue weighted by Crippen LogP contribution is -2.36. The number of hydrogen-bond donors (Lipinski definition) is 2. The zero-order valence-electron chi connectivity index (χ0n) is 10.1. The Morgan fingerprint density at radius 1 is 1.35 bits per heavy atom. The van der Waals surface area contributed by atoms with E-state index in [1.54, 1.807) is 23.5 Å². The molecule has 1 amide bonds. The van der Waals surface area contributed by atoms with Crippen molar-refractivity contribution >= 4 is 35.1 Å². The summed E-state index contributed by atoms with van der Waals surface area (Å²) in [5, 5.41) is 2.82. The second kappa shape index (κ2) is 7.63. The number of anilines is 1. The molecule has 1 aromatic carbocycles. The van der Waals surface area contributed by atoms with Crippen LogP contribution in [0.1, 0.15) is 6.42 Å². The average Bonchev–Trinajstić information content (AvgIpc) is 2.36. The van der Waals surface area contributed by atoms with E-state index in [1.165, 1.54) is 4.90 Å². The Bertz CT molecular complexity index is 354. The minimum atomic E-state index is -0.428. The topological polar surface area (TPSA) is 55.1 Å². The van der Waals surface area contributed by atoms with Crippen LogP contribution in [0, 0.1) is 0 Å². The number of nitrogens with one attached hydrogen (secondary N) is 1. The Morgan fingerprint density at radius 2 is 2.00 bits per heavy atom. The van der Waals surface area contributed by atoms with Gasteiger partial charge < -0.3 is 11.1 Å². The van der Waals surface area contributed by atoms with Gasteiger partial charge in [-0.3, -0.25) is 4.79 Å². The van der Waals surface area contributed by atoms with E-state index < -0.39 is 6.04 Å². The molecule has 0 fully saturated rings. The van der Waals surface area contributed by atoms with Gasteiger partial charge in [-0.15, -0.1) is 11.8 Å². The highest BCUT2D eigenvalue weighted by Gasteiger charge is 2.12. The molecule has 0 unspecified atom stereocenters. The molecular formula is C12H18N2OS2. The van der Waals surface area contributed by atoms with Crippen LogP contribution in [0.15, 0.2) is 29.2 Å². The van der Waals surface area contributed by atoms with Gasteiger partial charge in [0.2, 0.25) is 5.91 Å². The van der Waals surface area contributed by atoms with E-state index in [4.69, 9.17) is 5.73 Å². The summed E-state index contributed by atoms with van der Waals surface area (Å²) in [6.45, 7) is 0. The summed E-state index contributed by atoms with van der Waals surface area (Å²) in [7, 11) is 0. The van der Waals surface area contributed by atoms with Gasteiger partial charge in [-0.05, 0) is 49.0 Å². The molecule has 0 saturated carbocycles.